The molecular formula is C14H26N2O. The maximum atomic E-state index is 5.80. The molecule has 1 N–H and O–H groups in total. The third-order valence-electron chi connectivity index (χ3n) is 5.48. The van der Waals surface area contributed by atoms with Gasteiger partial charge in [-0.05, 0) is 46.0 Å². The van der Waals surface area contributed by atoms with Crippen molar-refractivity contribution in [2.45, 2.75) is 57.2 Å². The molecule has 2 heterocycles. The predicted octanol–water partition coefficient (Wildman–Crippen LogP) is 1.63. The van der Waals surface area contributed by atoms with Gasteiger partial charge in [-0.15, -0.1) is 0 Å². The van der Waals surface area contributed by atoms with E-state index in [1.54, 1.807) is 0 Å². The molecule has 3 rings (SSSR count). The highest BCUT2D eigenvalue weighted by Crippen LogP contribution is 2.43. The Hall–Kier alpha value is -0.120. The van der Waals surface area contributed by atoms with Crippen LogP contribution in [0, 0.1) is 5.92 Å². The summed E-state index contributed by atoms with van der Waals surface area (Å²) < 4.78 is 5.80. The SMILES string of the molecule is CC1OCCC1(C)N1CCNC(C)(C2CC2)C1. The van der Waals surface area contributed by atoms with Crippen molar-refractivity contribution in [3.8, 4) is 0 Å². The first kappa shape index (κ1) is 11.9. The first-order valence-electron chi connectivity index (χ1n) is 7.16. The van der Waals surface area contributed by atoms with Gasteiger partial charge in [0.15, 0.2) is 0 Å². The van der Waals surface area contributed by atoms with Crippen LogP contribution in [0.4, 0.5) is 0 Å². The Labute approximate surface area is 105 Å². The largest absolute Gasteiger partial charge is 0.377 e. The van der Waals surface area contributed by atoms with E-state index < -0.39 is 0 Å². The summed E-state index contributed by atoms with van der Waals surface area (Å²) in [5, 5.41) is 3.76. The second kappa shape index (κ2) is 3.94. The number of rotatable bonds is 2. The van der Waals surface area contributed by atoms with Gasteiger partial charge in [-0.1, -0.05) is 0 Å². The maximum Gasteiger partial charge on any atom is 0.0728 e. The molecule has 3 atom stereocenters. The van der Waals surface area contributed by atoms with E-state index in [4.69, 9.17) is 4.74 Å². The maximum absolute atomic E-state index is 5.80. The summed E-state index contributed by atoms with van der Waals surface area (Å²) in [6.45, 7) is 11.5. The summed E-state index contributed by atoms with van der Waals surface area (Å²) in [5.74, 6) is 0.909. The van der Waals surface area contributed by atoms with Gasteiger partial charge in [-0.3, -0.25) is 4.90 Å². The highest BCUT2D eigenvalue weighted by Gasteiger charge is 2.49. The van der Waals surface area contributed by atoms with Gasteiger partial charge in [0.05, 0.1) is 6.10 Å². The molecule has 0 bridgehead atoms. The van der Waals surface area contributed by atoms with E-state index in [9.17, 15) is 0 Å². The molecule has 0 amide bonds. The molecule has 3 aliphatic rings. The molecule has 1 saturated carbocycles. The Balaban J connectivity index is 1.75. The van der Waals surface area contributed by atoms with E-state index >= 15 is 0 Å². The van der Waals surface area contributed by atoms with E-state index in [1.165, 1.54) is 32.4 Å². The number of hydrogen-bond donors (Lipinski definition) is 1. The Bertz CT molecular complexity index is 305. The molecule has 17 heavy (non-hydrogen) atoms. The molecule has 0 aromatic heterocycles. The lowest BCUT2D eigenvalue weighted by Crippen LogP contribution is -2.66. The Kier molecular flexibility index (Phi) is 2.77. The van der Waals surface area contributed by atoms with Gasteiger partial charge < -0.3 is 10.1 Å². The first-order valence-corrected chi connectivity index (χ1v) is 7.16. The molecule has 0 aromatic rings. The van der Waals surface area contributed by atoms with Gasteiger partial charge in [-0.25, -0.2) is 0 Å². The van der Waals surface area contributed by atoms with Crippen molar-refractivity contribution in [1.82, 2.24) is 10.2 Å². The second-order valence-corrected chi connectivity index (χ2v) is 6.66. The zero-order chi connectivity index (χ0) is 12.1. The average Bonchev–Trinajstić information content (AvgIpc) is 3.08. The van der Waals surface area contributed by atoms with Crippen LogP contribution in [0.25, 0.3) is 0 Å². The Morgan fingerprint density at radius 2 is 2.06 bits per heavy atom. The van der Waals surface area contributed by atoms with Crippen LogP contribution in [-0.4, -0.2) is 48.3 Å². The normalized spacial score (nSPS) is 48.5. The van der Waals surface area contributed by atoms with Crippen molar-refractivity contribution in [2.75, 3.05) is 26.2 Å². The van der Waals surface area contributed by atoms with Crippen molar-refractivity contribution in [1.29, 1.82) is 0 Å². The van der Waals surface area contributed by atoms with Crippen molar-refractivity contribution < 1.29 is 4.74 Å². The number of hydrogen-bond acceptors (Lipinski definition) is 3. The lowest BCUT2D eigenvalue weighted by molar-refractivity contribution is -0.0126. The Morgan fingerprint density at radius 1 is 1.29 bits per heavy atom. The van der Waals surface area contributed by atoms with Crippen LogP contribution in [-0.2, 0) is 4.74 Å². The van der Waals surface area contributed by atoms with Crippen LogP contribution < -0.4 is 5.32 Å². The first-order chi connectivity index (χ1) is 8.05. The topological polar surface area (TPSA) is 24.5 Å². The minimum atomic E-state index is 0.262. The molecule has 98 valence electrons. The van der Waals surface area contributed by atoms with Gasteiger partial charge in [-0.2, -0.15) is 0 Å². The van der Waals surface area contributed by atoms with E-state index in [-0.39, 0.29) is 5.54 Å². The summed E-state index contributed by atoms with van der Waals surface area (Å²) in [6, 6.07) is 0. The van der Waals surface area contributed by atoms with Gasteiger partial charge in [0, 0.05) is 37.3 Å². The molecule has 1 aliphatic carbocycles. The minimum Gasteiger partial charge on any atom is -0.377 e. The molecule has 0 aromatic carbocycles. The van der Waals surface area contributed by atoms with Crippen LogP contribution >= 0.6 is 0 Å². The monoisotopic (exact) mass is 238 g/mol. The number of piperazine rings is 1. The number of ether oxygens (including phenoxy) is 1. The van der Waals surface area contributed by atoms with Crippen LogP contribution in [0.2, 0.25) is 0 Å². The second-order valence-electron chi connectivity index (χ2n) is 6.66. The van der Waals surface area contributed by atoms with E-state index in [0.29, 0.717) is 11.6 Å². The predicted molar refractivity (Wildman–Crippen MR) is 69.1 cm³/mol. The highest BCUT2D eigenvalue weighted by atomic mass is 16.5. The molecule has 0 spiro atoms. The fraction of sp³-hybridized carbons (Fsp3) is 1.00. The standard InChI is InChI=1S/C14H26N2O/c1-11-14(3,6-9-17-11)16-8-7-15-13(2,10-16)12-4-5-12/h11-12,15H,4-10H2,1-3H3. The molecule has 0 radical (unpaired) electrons. The molecule has 3 unspecified atom stereocenters. The van der Waals surface area contributed by atoms with Crippen molar-refractivity contribution in [3.63, 3.8) is 0 Å². The molecule has 3 nitrogen and oxygen atoms in total. The summed E-state index contributed by atoms with van der Waals surface area (Å²) in [7, 11) is 0. The molecule has 2 saturated heterocycles. The minimum absolute atomic E-state index is 0.262. The van der Waals surface area contributed by atoms with Gasteiger partial charge in [0.25, 0.3) is 0 Å². The van der Waals surface area contributed by atoms with E-state index in [2.05, 4.69) is 31.0 Å². The average molecular weight is 238 g/mol. The fourth-order valence-electron chi connectivity index (χ4n) is 3.68. The van der Waals surface area contributed by atoms with Crippen molar-refractivity contribution in [3.05, 3.63) is 0 Å². The van der Waals surface area contributed by atoms with Crippen LogP contribution in [0.1, 0.15) is 40.0 Å². The smallest absolute Gasteiger partial charge is 0.0728 e. The van der Waals surface area contributed by atoms with Crippen LogP contribution in [0.3, 0.4) is 0 Å². The summed E-state index contributed by atoms with van der Waals surface area (Å²) in [4.78, 5) is 2.69. The quantitative estimate of drug-likeness (QED) is 0.791. The zero-order valence-corrected chi connectivity index (χ0v) is 11.5. The van der Waals surface area contributed by atoms with E-state index in [1.807, 2.05) is 0 Å². The lowest BCUT2D eigenvalue weighted by Gasteiger charge is -2.49. The Morgan fingerprint density at radius 3 is 2.65 bits per heavy atom. The zero-order valence-electron chi connectivity index (χ0n) is 11.5. The third-order valence-corrected chi connectivity index (χ3v) is 5.48. The summed E-state index contributed by atoms with van der Waals surface area (Å²) in [6.07, 6.45) is 4.40. The van der Waals surface area contributed by atoms with Crippen LogP contribution in [0.15, 0.2) is 0 Å². The fourth-order valence-corrected chi connectivity index (χ4v) is 3.68. The van der Waals surface area contributed by atoms with Gasteiger partial charge >= 0.3 is 0 Å². The van der Waals surface area contributed by atoms with Crippen LogP contribution in [0.5, 0.6) is 0 Å². The van der Waals surface area contributed by atoms with E-state index in [0.717, 1.165) is 19.1 Å². The van der Waals surface area contributed by atoms with Gasteiger partial charge in [0.2, 0.25) is 0 Å². The molecular weight excluding hydrogens is 212 g/mol. The summed E-state index contributed by atoms with van der Waals surface area (Å²) >= 11 is 0. The van der Waals surface area contributed by atoms with Crippen molar-refractivity contribution in [2.24, 2.45) is 5.92 Å². The number of nitrogens with zero attached hydrogens (tertiary/aromatic N) is 1. The van der Waals surface area contributed by atoms with Crippen molar-refractivity contribution >= 4 is 0 Å². The third kappa shape index (κ3) is 1.92. The number of nitrogens with one attached hydrogen (secondary N) is 1. The van der Waals surface area contributed by atoms with Gasteiger partial charge in [0.1, 0.15) is 0 Å². The summed E-state index contributed by atoms with van der Waals surface area (Å²) in [5.41, 5.74) is 0.613. The molecule has 3 heteroatoms. The highest BCUT2D eigenvalue weighted by molar-refractivity contribution is 5.06. The molecule has 2 aliphatic heterocycles. The molecule has 3 fully saturated rings. The lowest BCUT2D eigenvalue weighted by atomic mass is 9.86.